The molecule has 0 aliphatic rings. The highest BCUT2D eigenvalue weighted by atomic mass is 28.3. The number of esters is 1. The molecular formula is C16H25O4Si. The Kier molecular flexibility index (Phi) is 5.98. The van der Waals surface area contributed by atoms with E-state index in [0.717, 1.165) is 5.56 Å². The first-order valence-electron chi connectivity index (χ1n) is 6.93. The number of carbonyl (C=O) groups excluding carboxylic acids is 1. The minimum atomic E-state index is -0.845. The SMILES string of the molecule is COC(=O)c1ccc(C(O[Si](C)C)C(C)(C)C)cc1OC. The van der Waals surface area contributed by atoms with E-state index in [1.54, 1.807) is 13.2 Å². The van der Waals surface area contributed by atoms with E-state index >= 15 is 0 Å². The minimum Gasteiger partial charge on any atom is -0.496 e. The van der Waals surface area contributed by atoms with Gasteiger partial charge in [-0.05, 0) is 36.2 Å². The van der Waals surface area contributed by atoms with Gasteiger partial charge in [0, 0.05) is 0 Å². The number of carbonyl (C=O) groups is 1. The number of methoxy groups -OCH3 is 2. The molecule has 0 heterocycles. The summed E-state index contributed by atoms with van der Waals surface area (Å²) in [6.07, 6.45) is -0.0398. The van der Waals surface area contributed by atoms with Crippen molar-refractivity contribution in [2.24, 2.45) is 5.41 Å². The monoisotopic (exact) mass is 309 g/mol. The van der Waals surface area contributed by atoms with E-state index in [9.17, 15) is 4.79 Å². The van der Waals surface area contributed by atoms with Crippen LogP contribution < -0.4 is 4.74 Å². The number of hydrogen-bond acceptors (Lipinski definition) is 4. The maximum absolute atomic E-state index is 11.7. The molecular weight excluding hydrogens is 284 g/mol. The summed E-state index contributed by atoms with van der Waals surface area (Å²) in [7, 11) is 2.06. The fraction of sp³-hybridized carbons (Fsp3) is 0.562. The second kappa shape index (κ2) is 7.09. The molecule has 1 unspecified atom stereocenters. The summed E-state index contributed by atoms with van der Waals surface area (Å²) >= 11 is 0. The molecule has 5 heteroatoms. The largest absolute Gasteiger partial charge is 0.496 e. The second-order valence-corrected chi connectivity index (χ2v) is 8.28. The van der Waals surface area contributed by atoms with E-state index in [4.69, 9.17) is 13.9 Å². The molecule has 0 aliphatic heterocycles. The van der Waals surface area contributed by atoms with E-state index in [-0.39, 0.29) is 11.5 Å². The van der Waals surface area contributed by atoms with Gasteiger partial charge < -0.3 is 13.9 Å². The van der Waals surface area contributed by atoms with Gasteiger partial charge in [0.15, 0.2) is 0 Å². The van der Waals surface area contributed by atoms with Crippen molar-refractivity contribution < 1.29 is 18.7 Å². The molecule has 1 atom stereocenters. The van der Waals surface area contributed by atoms with Crippen molar-refractivity contribution in [3.05, 3.63) is 29.3 Å². The lowest BCUT2D eigenvalue weighted by Gasteiger charge is -2.33. The third-order valence-corrected chi connectivity index (χ3v) is 3.78. The van der Waals surface area contributed by atoms with Crippen molar-refractivity contribution in [1.29, 1.82) is 0 Å². The molecule has 0 bridgehead atoms. The molecule has 0 saturated carbocycles. The predicted octanol–water partition coefficient (Wildman–Crippen LogP) is 3.84. The first-order valence-corrected chi connectivity index (χ1v) is 9.34. The van der Waals surface area contributed by atoms with Crippen molar-refractivity contribution in [3.8, 4) is 5.75 Å². The summed E-state index contributed by atoms with van der Waals surface area (Å²) < 4.78 is 16.3. The fourth-order valence-corrected chi connectivity index (χ4v) is 3.09. The van der Waals surface area contributed by atoms with Gasteiger partial charge in [0.2, 0.25) is 9.04 Å². The Bertz CT molecular complexity index is 492. The highest BCUT2D eigenvalue weighted by Gasteiger charge is 2.29. The summed E-state index contributed by atoms with van der Waals surface area (Å²) in [6.45, 7) is 10.7. The second-order valence-electron chi connectivity index (χ2n) is 6.22. The average Bonchev–Trinajstić information content (AvgIpc) is 2.41. The molecule has 4 nitrogen and oxygen atoms in total. The van der Waals surface area contributed by atoms with Crippen LogP contribution in [-0.2, 0) is 9.16 Å². The van der Waals surface area contributed by atoms with Gasteiger partial charge >= 0.3 is 5.97 Å². The van der Waals surface area contributed by atoms with Gasteiger partial charge in [-0.2, -0.15) is 0 Å². The summed E-state index contributed by atoms with van der Waals surface area (Å²) in [6, 6.07) is 5.52. The average molecular weight is 309 g/mol. The van der Waals surface area contributed by atoms with Crippen molar-refractivity contribution >= 4 is 15.0 Å². The van der Waals surface area contributed by atoms with Gasteiger partial charge in [0.05, 0.1) is 20.3 Å². The molecule has 1 aromatic rings. The normalized spacial score (nSPS) is 13.1. The van der Waals surface area contributed by atoms with Gasteiger partial charge in [-0.15, -0.1) is 0 Å². The van der Waals surface area contributed by atoms with Crippen LogP contribution in [0.25, 0.3) is 0 Å². The highest BCUT2D eigenvalue weighted by Crippen LogP contribution is 2.38. The minimum absolute atomic E-state index is 0.0398. The zero-order valence-corrected chi connectivity index (χ0v) is 14.9. The zero-order valence-electron chi connectivity index (χ0n) is 13.9. The van der Waals surface area contributed by atoms with Crippen molar-refractivity contribution in [2.75, 3.05) is 14.2 Å². The van der Waals surface area contributed by atoms with Gasteiger partial charge in [-0.1, -0.05) is 26.8 Å². The maximum Gasteiger partial charge on any atom is 0.341 e. The van der Waals surface area contributed by atoms with E-state index in [1.807, 2.05) is 12.1 Å². The quantitative estimate of drug-likeness (QED) is 0.612. The Balaban J connectivity index is 3.25. The molecule has 0 saturated heterocycles. The van der Waals surface area contributed by atoms with Crippen LogP contribution >= 0.6 is 0 Å². The van der Waals surface area contributed by atoms with E-state index in [1.165, 1.54) is 7.11 Å². The first kappa shape index (κ1) is 17.7. The topological polar surface area (TPSA) is 44.8 Å². The summed E-state index contributed by atoms with van der Waals surface area (Å²) in [5, 5.41) is 0. The molecule has 0 N–H and O–H groups in total. The van der Waals surface area contributed by atoms with Crippen LogP contribution in [0.2, 0.25) is 13.1 Å². The Morgan fingerprint density at radius 1 is 1.19 bits per heavy atom. The van der Waals surface area contributed by atoms with Crippen LogP contribution in [0.1, 0.15) is 42.8 Å². The molecule has 0 spiro atoms. The van der Waals surface area contributed by atoms with E-state index < -0.39 is 15.0 Å². The predicted molar refractivity (Wildman–Crippen MR) is 85.1 cm³/mol. The lowest BCUT2D eigenvalue weighted by atomic mass is 9.84. The number of rotatable bonds is 5. The van der Waals surface area contributed by atoms with Crippen LogP contribution in [-0.4, -0.2) is 29.2 Å². The molecule has 0 aliphatic carbocycles. The van der Waals surface area contributed by atoms with Crippen LogP contribution in [0.3, 0.4) is 0 Å². The van der Waals surface area contributed by atoms with Gasteiger partial charge in [-0.25, -0.2) is 4.79 Å². The zero-order chi connectivity index (χ0) is 16.2. The van der Waals surface area contributed by atoms with Gasteiger partial charge in [-0.3, -0.25) is 0 Å². The standard InChI is InChI=1S/C16H25O4Si/c1-16(2,3)14(20-21(6)7)11-8-9-12(15(17)19-5)13(10-11)18-4/h8-10,14H,1-7H3. The third kappa shape index (κ3) is 4.57. The summed E-state index contributed by atoms with van der Waals surface area (Å²) in [5.74, 6) is 0.112. The van der Waals surface area contributed by atoms with Crippen LogP contribution in [0.5, 0.6) is 5.75 Å². The Labute approximate surface area is 129 Å². The van der Waals surface area contributed by atoms with Gasteiger partial charge in [0.1, 0.15) is 11.3 Å². The molecule has 21 heavy (non-hydrogen) atoms. The van der Waals surface area contributed by atoms with Crippen LogP contribution in [0.15, 0.2) is 18.2 Å². The molecule has 117 valence electrons. The smallest absolute Gasteiger partial charge is 0.341 e. The molecule has 0 amide bonds. The van der Waals surface area contributed by atoms with Crippen molar-refractivity contribution in [3.63, 3.8) is 0 Å². The summed E-state index contributed by atoms with van der Waals surface area (Å²) in [5.41, 5.74) is 1.40. The first-order chi connectivity index (χ1) is 9.70. The number of ether oxygens (including phenoxy) is 2. The molecule has 1 radical (unpaired) electrons. The third-order valence-electron chi connectivity index (χ3n) is 3.07. The van der Waals surface area contributed by atoms with E-state index in [0.29, 0.717) is 11.3 Å². The highest BCUT2D eigenvalue weighted by molar-refractivity contribution is 6.48. The van der Waals surface area contributed by atoms with Crippen molar-refractivity contribution in [1.82, 2.24) is 0 Å². The van der Waals surface area contributed by atoms with Crippen molar-refractivity contribution in [2.45, 2.75) is 40.0 Å². The lowest BCUT2D eigenvalue weighted by molar-refractivity contribution is 0.0596. The maximum atomic E-state index is 11.7. The lowest BCUT2D eigenvalue weighted by Crippen LogP contribution is -2.26. The molecule has 0 fully saturated rings. The van der Waals surface area contributed by atoms with E-state index in [2.05, 4.69) is 33.9 Å². The fourth-order valence-electron chi connectivity index (χ4n) is 2.13. The number of benzene rings is 1. The van der Waals surface area contributed by atoms with Crippen LogP contribution in [0.4, 0.5) is 0 Å². The Morgan fingerprint density at radius 3 is 2.24 bits per heavy atom. The summed E-state index contributed by atoms with van der Waals surface area (Å²) in [4.78, 5) is 11.7. The Hall–Kier alpha value is -1.33. The van der Waals surface area contributed by atoms with Crippen LogP contribution in [0, 0.1) is 5.41 Å². The molecule has 1 aromatic carbocycles. The number of hydrogen-bond donors (Lipinski definition) is 0. The Morgan fingerprint density at radius 2 is 1.81 bits per heavy atom. The molecule has 1 rings (SSSR count). The van der Waals surface area contributed by atoms with Gasteiger partial charge in [0.25, 0.3) is 0 Å². The molecule has 0 aromatic heterocycles.